The summed E-state index contributed by atoms with van der Waals surface area (Å²) in [6.07, 6.45) is 0.660. The number of benzene rings is 2. The van der Waals surface area contributed by atoms with Gasteiger partial charge in [-0.25, -0.2) is 0 Å². The summed E-state index contributed by atoms with van der Waals surface area (Å²) in [5.74, 6) is 0.429. The molecule has 0 bridgehead atoms. The molecule has 0 saturated heterocycles. The molecule has 3 N–H and O–H groups in total. The van der Waals surface area contributed by atoms with Crippen molar-refractivity contribution in [2.24, 2.45) is 5.73 Å². The predicted octanol–water partition coefficient (Wildman–Crippen LogP) is 3.36. The summed E-state index contributed by atoms with van der Waals surface area (Å²) < 4.78 is 5.59. The molecule has 0 unspecified atom stereocenters. The second-order valence-corrected chi connectivity index (χ2v) is 5.23. The summed E-state index contributed by atoms with van der Waals surface area (Å²) in [5.41, 5.74) is 9.37. The molecule has 0 saturated carbocycles. The zero-order valence-electron chi connectivity index (χ0n) is 12.4. The number of aryl methyl sites for hydroxylation is 1. The Morgan fingerprint density at radius 1 is 1.05 bits per heavy atom. The van der Waals surface area contributed by atoms with Gasteiger partial charge in [-0.3, -0.25) is 0 Å². The summed E-state index contributed by atoms with van der Waals surface area (Å²) >= 11 is 0. The molecule has 22 heavy (non-hydrogen) atoms. The van der Waals surface area contributed by atoms with Crippen molar-refractivity contribution in [2.75, 3.05) is 5.32 Å². The van der Waals surface area contributed by atoms with Crippen LogP contribution in [0.15, 0.2) is 59.0 Å². The molecule has 1 aromatic heterocycles. The van der Waals surface area contributed by atoms with Gasteiger partial charge in [0.2, 0.25) is 5.89 Å². The third-order valence-electron chi connectivity index (χ3n) is 3.36. The van der Waals surface area contributed by atoms with Crippen LogP contribution in [0.25, 0.3) is 0 Å². The highest BCUT2D eigenvalue weighted by atomic mass is 16.4. The summed E-state index contributed by atoms with van der Waals surface area (Å²) in [7, 11) is 0. The smallest absolute Gasteiger partial charge is 0.320 e. The van der Waals surface area contributed by atoms with E-state index < -0.39 is 0 Å². The number of aromatic nitrogens is 2. The molecule has 0 spiro atoms. The van der Waals surface area contributed by atoms with Crippen LogP contribution in [-0.4, -0.2) is 10.2 Å². The molecule has 1 atom stereocenters. The maximum absolute atomic E-state index is 6.13. The summed E-state index contributed by atoms with van der Waals surface area (Å²) in [6, 6.07) is 18.0. The topological polar surface area (TPSA) is 77.0 Å². The molecular weight excluding hydrogens is 276 g/mol. The van der Waals surface area contributed by atoms with E-state index in [1.54, 1.807) is 0 Å². The largest absolute Gasteiger partial charge is 0.406 e. The van der Waals surface area contributed by atoms with E-state index in [0.29, 0.717) is 18.3 Å². The number of anilines is 2. The third-order valence-corrected chi connectivity index (χ3v) is 3.36. The zero-order chi connectivity index (χ0) is 15.4. The Bertz CT molecular complexity index is 722. The molecule has 3 aromatic rings. The Balaban J connectivity index is 1.66. The van der Waals surface area contributed by atoms with Crippen molar-refractivity contribution >= 4 is 11.7 Å². The maximum atomic E-state index is 6.13. The van der Waals surface area contributed by atoms with Crippen molar-refractivity contribution < 1.29 is 4.42 Å². The van der Waals surface area contributed by atoms with Crippen LogP contribution in [-0.2, 0) is 6.42 Å². The number of nitrogens with one attached hydrogen (secondary N) is 1. The molecule has 0 aliphatic heterocycles. The summed E-state index contributed by atoms with van der Waals surface area (Å²) in [5, 5.41) is 11.1. The lowest BCUT2D eigenvalue weighted by atomic mass is 10.1. The molecule has 0 amide bonds. The lowest BCUT2D eigenvalue weighted by molar-refractivity contribution is 0.459. The molecule has 5 heteroatoms. The van der Waals surface area contributed by atoms with Crippen LogP contribution >= 0.6 is 0 Å². The Kier molecular flexibility index (Phi) is 4.16. The first-order valence-electron chi connectivity index (χ1n) is 7.17. The van der Waals surface area contributed by atoms with Crippen LogP contribution in [0.5, 0.6) is 0 Å². The van der Waals surface area contributed by atoms with Crippen molar-refractivity contribution in [3.05, 3.63) is 71.6 Å². The number of nitrogens with two attached hydrogens (primary N) is 1. The predicted molar refractivity (Wildman–Crippen MR) is 85.8 cm³/mol. The van der Waals surface area contributed by atoms with Crippen molar-refractivity contribution in [2.45, 2.75) is 19.4 Å². The van der Waals surface area contributed by atoms with Gasteiger partial charge in [-0.2, -0.15) is 0 Å². The maximum Gasteiger partial charge on any atom is 0.320 e. The van der Waals surface area contributed by atoms with Crippen molar-refractivity contribution in [1.29, 1.82) is 0 Å². The number of hydrogen-bond acceptors (Lipinski definition) is 5. The van der Waals surface area contributed by atoms with Crippen molar-refractivity contribution in [3.63, 3.8) is 0 Å². The minimum absolute atomic E-state index is 0.316. The molecule has 112 valence electrons. The third kappa shape index (κ3) is 3.51. The van der Waals surface area contributed by atoms with E-state index in [9.17, 15) is 0 Å². The Morgan fingerprint density at radius 2 is 1.77 bits per heavy atom. The molecule has 1 heterocycles. The van der Waals surface area contributed by atoms with Gasteiger partial charge in [0, 0.05) is 5.69 Å². The first-order chi connectivity index (χ1) is 10.7. The van der Waals surface area contributed by atoms with Crippen LogP contribution < -0.4 is 11.1 Å². The molecule has 3 rings (SSSR count). The molecule has 2 aromatic carbocycles. The Morgan fingerprint density at radius 3 is 2.50 bits per heavy atom. The number of rotatable bonds is 5. The molecule has 0 radical (unpaired) electrons. The highest BCUT2D eigenvalue weighted by molar-refractivity contribution is 5.52. The van der Waals surface area contributed by atoms with Crippen LogP contribution in [0.4, 0.5) is 11.7 Å². The fourth-order valence-corrected chi connectivity index (χ4v) is 2.15. The van der Waals surface area contributed by atoms with Crippen LogP contribution in [0.3, 0.4) is 0 Å². The van der Waals surface area contributed by atoms with Gasteiger partial charge >= 0.3 is 6.01 Å². The number of hydrogen-bond donors (Lipinski definition) is 2. The van der Waals surface area contributed by atoms with E-state index in [2.05, 4.69) is 15.5 Å². The van der Waals surface area contributed by atoms with E-state index >= 15 is 0 Å². The van der Waals surface area contributed by atoms with E-state index in [-0.39, 0.29) is 6.04 Å². The van der Waals surface area contributed by atoms with Gasteiger partial charge in [-0.1, -0.05) is 53.1 Å². The van der Waals surface area contributed by atoms with Gasteiger partial charge < -0.3 is 15.5 Å². The van der Waals surface area contributed by atoms with Crippen LogP contribution in [0.1, 0.15) is 23.1 Å². The average molecular weight is 294 g/mol. The van der Waals surface area contributed by atoms with Crippen LogP contribution in [0.2, 0.25) is 0 Å². The zero-order valence-corrected chi connectivity index (χ0v) is 12.4. The lowest BCUT2D eigenvalue weighted by Crippen LogP contribution is -2.13. The van der Waals surface area contributed by atoms with E-state index in [1.165, 1.54) is 5.56 Å². The second kappa shape index (κ2) is 6.41. The molecular formula is C17H18N4O. The van der Waals surface area contributed by atoms with Gasteiger partial charge in [-0.15, -0.1) is 5.10 Å². The molecule has 0 aliphatic rings. The van der Waals surface area contributed by atoms with Gasteiger partial charge in [0.25, 0.3) is 0 Å². The van der Waals surface area contributed by atoms with Crippen LogP contribution in [0, 0.1) is 6.92 Å². The highest BCUT2D eigenvalue weighted by Gasteiger charge is 2.15. The summed E-state index contributed by atoms with van der Waals surface area (Å²) in [4.78, 5) is 0. The Hall–Kier alpha value is -2.66. The van der Waals surface area contributed by atoms with Gasteiger partial charge in [0.05, 0.1) is 6.04 Å². The molecule has 0 fully saturated rings. The van der Waals surface area contributed by atoms with E-state index in [4.69, 9.17) is 10.2 Å². The van der Waals surface area contributed by atoms with E-state index in [0.717, 1.165) is 11.3 Å². The number of nitrogens with zero attached hydrogens (tertiary/aromatic N) is 2. The van der Waals surface area contributed by atoms with E-state index in [1.807, 2.05) is 61.5 Å². The SMILES string of the molecule is Cc1ccc(Nc2nnc([C@@H](N)Cc3ccccc3)o2)cc1. The van der Waals surface area contributed by atoms with Crippen molar-refractivity contribution in [3.8, 4) is 0 Å². The standard InChI is InChI=1S/C17H18N4O/c1-12-7-9-14(10-8-12)19-17-21-20-16(22-17)15(18)11-13-5-3-2-4-6-13/h2-10,15H,11,18H2,1H3,(H,19,21)/t15-/m0/s1. The summed E-state index contributed by atoms with van der Waals surface area (Å²) in [6.45, 7) is 2.04. The first-order valence-corrected chi connectivity index (χ1v) is 7.17. The van der Waals surface area contributed by atoms with Crippen molar-refractivity contribution in [1.82, 2.24) is 10.2 Å². The highest BCUT2D eigenvalue weighted by Crippen LogP contribution is 2.20. The van der Waals surface area contributed by atoms with Gasteiger partial charge in [0.1, 0.15) is 0 Å². The molecule has 0 aliphatic carbocycles. The average Bonchev–Trinajstić information content (AvgIpc) is 2.99. The molecule has 5 nitrogen and oxygen atoms in total. The second-order valence-electron chi connectivity index (χ2n) is 5.23. The van der Waals surface area contributed by atoms with Gasteiger partial charge in [-0.05, 0) is 31.0 Å². The Labute approximate surface area is 129 Å². The normalized spacial score (nSPS) is 12.1. The first kappa shape index (κ1) is 14.3. The fourth-order valence-electron chi connectivity index (χ4n) is 2.15. The van der Waals surface area contributed by atoms with Gasteiger partial charge in [0.15, 0.2) is 0 Å². The quantitative estimate of drug-likeness (QED) is 0.754. The fraction of sp³-hybridized carbons (Fsp3) is 0.176. The minimum Gasteiger partial charge on any atom is -0.406 e. The minimum atomic E-state index is -0.316. The lowest BCUT2D eigenvalue weighted by Gasteiger charge is -2.06. The monoisotopic (exact) mass is 294 g/mol.